The summed E-state index contributed by atoms with van der Waals surface area (Å²) < 4.78 is 21.8. The molecule has 3 N–H and O–H groups in total. The minimum absolute atomic E-state index is 0.0361. The second-order valence-electron chi connectivity index (χ2n) is 11.9. The van der Waals surface area contributed by atoms with E-state index < -0.39 is 18.5 Å². The molecule has 1 aromatic heterocycles. The van der Waals surface area contributed by atoms with E-state index >= 15 is 0 Å². The molecule has 1 aromatic carbocycles. The maximum Gasteiger partial charge on any atom is 0.330 e. The molecule has 9 heteroatoms. The van der Waals surface area contributed by atoms with E-state index in [4.69, 9.17) is 0 Å². The first kappa shape index (κ1) is 26.5. The number of aryl methyl sites for hydroxylation is 2. The minimum atomic E-state index is -3.40. The zero-order valence-corrected chi connectivity index (χ0v) is 25.0. The van der Waals surface area contributed by atoms with Crippen LogP contribution in [0.4, 0.5) is 10.5 Å². The predicted molar refractivity (Wildman–Crippen MR) is 152 cm³/mol. The lowest BCUT2D eigenvalue weighted by atomic mass is 9.99. The Balaban J connectivity index is 1.65. The molecule has 1 heterocycles. The number of thiophene rings is 1. The first-order chi connectivity index (χ1) is 16.3. The summed E-state index contributed by atoms with van der Waals surface area (Å²) >= 11 is 1.52. The molecule has 0 radical (unpaired) electrons. The number of nitrogens with one attached hydrogen (secondary N) is 3. The summed E-state index contributed by atoms with van der Waals surface area (Å²) in [6.07, 6.45) is 6.41. The standard InChI is InChI=1S/C26H42N4O2S2Si/c1-26(2,3)35(6,7)29-34(32,23-15-14-20(33-23)17-30(4)5)28-25(31)27-24-21-12-8-10-18(21)16-19-11-9-13-22(19)24/h14-16,34H,8-13,17H2,1-7H3,(H3,27,28,29,31,32). The molecule has 2 aliphatic carbocycles. The van der Waals surface area contributed by atoms with Gasteiger partial charge in [-0.2, -0.15) is 0 Å². The van der Waals surface area contributed by atoms with Crippen molar-refractivity contribution in [3.63, 3.8) is 0 Å². The molecular formula is C26H42N4O2S2Si. The Morgan fingerprint density at radius 1 is 1.06 bits per heavy atom. The third-order valence-electron chi connectivity index (χ3n) is 7.71. The van der Waals surface area contributed by atoms with Crippen molar-refractivity contribution >= 4 is 41.6 Å². The Bertz CT molecular complexity index is 1130. The molecular weight excluding hydrogens is 493 g/mol. The van der Waals surface area contributed by atoms with E-state index in [-0.39, 0.29) is 11.1 Å². The summed E-state index contributed by atoms with van der Waals surface area (Å²) in [7, 11) is -1.55. The molecule has 194 valence electrons. The molecule has 4 rings (SSSR count). The lowest BCUT2D eigenvalue weighted by Crippen LogP contribution is -2.61. The Kier molecular flexibility index (Phi) is 7.39. The number of anilines is 1. The van der Waals surface area contributed by atoms with E-state index in [2.05, 4.69) is 59.3 Å². The van der Waals surface area contributed by atoms with E-state index in [1.807, 2.05) is 26.2 Å². The highest BCUT2D eigenvalue weighted by atomic mass is 32.3. The predicted octanol–water partition coefficient (Wildman–Crippen LogP) is 5.41. The third kappa shape index (κ3) is 5.59. The number of fused-ring (bicyclic) bond motifs is 2. The highest BCUT2D eigenvalue weighted by Gasteiger charge is 2.40. The Labute approximate surface area is 217 Å². The van der Waals surface area contributed by atoms with Gasteiger partial charge < -0.3 is 10.2 Å². The molecule has 0 saturated heterocycles. The number of thiol groups is 1. The Morgan fingerprint density at radius 2 is 1.66 bits per heavy atom. The topological polar surface area (TPSA) is 73.5 Å². The number of carbonyl (C=O) groups excluding carboxylic acids is 1. The van der Waals surface area contributed by atoms with Crippen molar-refractivity contribution in [2.45, 2.75) is 88.2 Å². The molecule has 0 atom stereocenters. The van der Waals surface area contributed by atoms with Crippen molar-refractivity contribution in [3.05, 3.63) is 45.3 Å². The van der Waals surface area contributed by atoms with Crippen LogP contribution in [-0.2, 0) is 42.5 Å². The average molecular weight is 535 g/mol. The number of hydrogen-bond donors (Lipinski definition) is 4. The van der Waals surface area contributed by atoms with E-state index in [1.165, 1.54) is 33.6 Å². The molecule has 0 bridgehead atoms. The second kappa shape index (κ2) is 9.74. The van der Waals surface area contributed by atoms with Gasteiger partial charge in [0.2, 0.25) is 0 Å². The monoisotopic (exact) mass is 534 g/mol. The summed E-state index contributed by atoms with van der Waals surface area (Å²) in [5, 5.41) is 3.15. The molecule has 0 saturated carbocycles. The molecule has 0 spiro atoms. The van der Waals surface area contributed by atoms with Crippen LogP contribution < -0.4 is 14.4 Å². The van der Waals surface area contributed by atoms with Crippen LogP contribution in [0.1, 0.15) is 60.7 Å². The van der Waals surface area contributed by atoms with Crippen LogP contribution in [0, 0.1) is 0 Å². The van der Waals surface area contributed by atoms with Gasteiger partial charge in [-0.05, 0) is 92.0 Å². The van der Waals surface area contributed by atoms with Crippen molar-refractivity contribution in [3.8, 4) is 0 Å². The van der Waals surface area contributed by atoms with Crippen LogP contribution in [0.3, 0.4) is 0 Å². The molecule has 2 aliphatic rings. The van der Waals surface area contributed by atoms with Crippen molar-refractivity contribution in [1.82, 2.24) is 14.0 Å². The van der Waals surface area contributed by atoms with Crippen LogP contribution in [0.2, 0.25) is 18.1 Å². The zero-order chi connectivity index (χ0) is 25.6. The fraction of sp³-hybridized carbons (Fsp3) is 0.577. The summed E-state index contributed by atoms with van der Waals surface area (Å²) in [5.74, 6) is 0. The van der Waals surface area contributed by atoms with E-state index in [9.17, 15) is 9.00 Å². The fourth-order valence-electron chi connectivity index (χ4n) is 4.88. The van der Waals surface area contributed by atoms with Gasteiger partial charge in [0, 0.05) is 27.4 Å². The molecule has 2 amide bonds. The minimum Gasteiger partial charge on any atom is -0.307 e. The van der Waals surface area contributed by atoms with Gasteiger partial charge in [-0.25, -0.2) is 9.00 Å². The smallest absolute Gasteiger partial charge is 0.307 e. The van der Waals surface area contributed by atoms with E-state index in [1.54, 1.807) is 0 Å². The van der Waals surface area contributed by atoms with Gasteiger partial charge in [0.15, 0.2) is 0 Å². The van der Waals surface area contributed by atoms with Gasteiger partial charge in [-0.15, -0.1) is 11.3 Å². The Hall–Kier alpha value is -1.52. The van der Waals surface area contributed by atoms with Crippen LogP contribution in [-0.4, -0.2) is 37.5 Å². The van der Waals surface area contributed by atoms with E-state index in [0.717, 1.165) is 55.6 Å². The number of rotatable bonds is 7. The summed E-state index contributed by atoms with van der Waals surface area (Å²) in [5.41, 5.74) is 6.27. The molecule has 2 aromatic rings. The molecule has 0 aliphatic heterocycles. The van der Waals surface area contributed by atoms with Gasteiger partial charge in [-0.1, -0.05) is 39.9 Å². The molecule has 35 heavy (non-hydrogen) atoms. The van der Waals surface area contributed by atoms with Gasteiger partial charge in [0.1, 0.15) is 8.24 Å². The normalized spacial score (nSPS) is 16.3. The number of hydrogen-bond acceptors (Lipinski definition) is 4. The lowest BCUT2D eigenvalue weighted by Gasteiger charge is -2.42. The van der Waals surface area contributed by atoms with Crippen LogP contribution in [0.15, 0.2) is 22.4 Å². The van der Waals surface area contributed by atoms with Crippen molar-refractivity contribution in [2.24, 2.45) is 0 Å². The van der Waals surface area contributed by atoms with Crippen molar-refractivity contribution in [1.29, 1.82) is 0 Å². The van der Waals surface area contributed by atoms with Crippen molar-refractivity contribution in [2.75, 3.05) is 19.4 Å². The SMILES string of the molecule is CN(C)Cc1ccc([SH](=O)(NC(=O)Nc2c3c(cc4c2CCC4)CCC3)N[Si](C)(C)C(C)(C)C)s1. The first-order valence-electron chi connectivity index (χ1n) is 12.7. The fourth-order valence-corrected chi connectivity index (χ4v) is 13.1. The van der Waals surface area contributed by atoms with Crippen LogP contribution in [0.5, 0.6) is 0 Å². The van der Waals surface area contributed by atoms with Crippen LogP contribution in [0.25, 0.3) is 0 Å². The second-order valence-corrected chi connectivity index (χ2v) is 20.9. The van der Waals surface area contributed by atoms with Gasteiger partial charge >= 0.3 is 6.03 Å². The first-order valence-corrected chi connectivity index (χ1v) is 18.2. The summed E-state index contributed by atoms with van der Waals surface area (Å²) in [4.78, 5) is 16.7. The average Bonchev–Trinajstić information content (AvgIpc) is 3.46. The highest BCUT2D eigenvalue weighted by molar-refractivity contribution is 8.02. The Morgan fingerprint density at radius 3 is 2.20 bits per heavy atom. The maximum absolute atomic E-state index is 14.6. The number of carbonyl (C=O) groups is 1. The quantitative estimate of drug-likeness (QED) is 0.284. The number of amides is 2. The highest BCUT2D eigenvalue weighted by Crippen LogP contribution is 2.39. The number of nitrogens with zero attached hydrogens (tertiary/aromatic N) is 1. The molecule has 0 unspecified atom stereocenters. The molecule has 0 fully saturated rings. The molecule has 6 nitrogen and oxygen atoms in total. The maximum atomic E-state index is 14.6. The third-order valence-corrected chi connectivity index (χ3v) is 18.2. The van der Waals surface area contributed by atoms with Crippen molar-refractivity contribution < 1.29 is 9.00 Å². The largest absolute Gasteiger partial charge is 0.330 e. The van der Waals surface area contributed by atoms with Gasteiger partial charge in [0.05, 0.1) is 4.21 Å². The zero-order valence-electron chi connectivity index (χ0n) is 22.3. The lowest BCUT2D eigenvalue weighted by molar-refractivity contribution is 0.256. The summed E-state index contributed by atoms with van der Waals surface area (Å²) in [6, 6.07) is 5.92. The van der Waals surface area contributed by atoms with Gasteiger partial charge in [-0.3, -0.25) is 9.11 Å². The summed E-state index contributed by atoms with van der Waals surface area (Å²) in [6.45, 7) is 11.7. The van der Waals surface area contributed by atoms with E-state index in [0.29, 0.717) is 4.21 Å². The number of benzene rings is 1. The van der Waals surface area contributed by atoms with Gasteiger partial charge in [0.25, 0.3) is 0 Å². The van der Waals surface area contributed by atoms with Crippen LogP contribution >= 0.6 is 11.3 Å². The number of urea groups is 1.